The van der Waals surface area contributed by atoms with Crippen LogP contribution < -0.4 is 5.56 Å². The standard InChI is InChI=1S/C16H13N3O2/c1-18-13-7-3-2-6-12(13)14-15(18)16(20)19(10-17-14)9-11-5-4-8-21-11/h2-8,10H,9H2,1H3. The molecule has 0 saturated carbocycles. The first-order chi connectivity index (χ1) is 10.3. The maximum absolute atomic E-state index is 12.7. The van der Waals surface area contributed by atoms with Gasteiger partial charge in [-0.25, -0.2) is 4.98 Å². The quantitative estimate of drug-likeness (QED) is 0.566. The van der Waals surface area contributed by atoms with Crippen molar-refractivity contribution in [3.8, 4) is 0 Å². The molecule has 21 heavy (non-hydrogen) atoms. The smallest absolute Gasteiger partial charge is 0.278 e. The van der Waals surface area contributed by atoms with E-state index in [-0.39, 0.29) is 5.56 Å². The van der Waals surface area contributed by atoms with Gasteiger partial charge in [-0.05, 0) is 18.2 Å². The molecule has 0 unspecified atom stereocenters. The molecular formula is C16H13N3O2. The Kier molecular flexibility index (Phi) is 2.47. The Morgan fingerprint density at radius 2 is 2.05 bits per heavy atom. The zero-order chi connectivity index (χ0) is 14.4. The van der Waals surface area contributed by atoms with E-state index in [1.54, 1.807) is 17.2 Å². The molecule has 3 heterocycles. The van der Waals surface area contributed by atoms with Crippen molar-refractivity contribution in [3.63, 3.8) is 0 Å². The number of rotatable bonds is 2. The highest BCUT2D eigenvalue weighted by Crippen LogP contribution is 2.23. The van der Waals surface area contributed by atoms with Gasteiger partial charge in [-0.15, -0.1) is 0 Å². The van der Waals surface area contributed by atoms with Crippen LogP contribution in [0.3, 0.4) is 0 Å². The number of fused-ring (bicyclic) bond motifs is 3. The molecule has 0 atom stereocenters. The summed E-state index contributed by atoms with van der Waals surface area (Å²) in [7, 11) is 1.89. The molecule has 0 amide bonds. The number of furan rings is 1. The summed E-state index contributed by atoms with van der Waals surface area (Å²) in [5.74, 6) is 0.733. The molecule has 104 valence electrons. The van der Waals surface area contributed by atoms with Gasteiger partial charge >= 0.3 is 0 Å². The van der Waals surface area contributed by atoms with Gasteiger partial charge in [0.15, 0.2) is 0 Å². The van der Waals surface area contributed by atoms with Crippen molar-refractivity contribution < 1.29 is 4.42 Å². The van der Waals surface area contributed by atoms with Gasteiger partial charge < -0.3 is 8.98 Å². The maximum Gasteiger partial charge on any atom is 0.278 e. The molecule has 0 radical (unpaired) electrons. The van der Waals surface area contributed by atoms with Crippen molar-refractivity contribution >= 4 is 21.9 Å². The van der Waals surface area contributed by atoms with Gasteiger partial charge in [0.2, 0.25) is 0 Å². The largest absolute Gasteiger partial charge is 0.467 e. The summed E-state index contributed by atoms with van der Waals surface area (Å²) in [6.07, 6.45) is 3.18. The predicted octanol–water partition coefficient (Wildman–Crippen LogP) is 2.53. The monoisotopic (exact) mass is 279 g/mol. The van der Waals surface area contributed by atoms with E-state index in [1.165, 1.54) is 0 Å². The highest BCUT2D eigenvalue weighted by atomic mass is 16.3. The Hall–Kier alpha value is -2.82. The third-order valence-electron chi connectivity index (χ3n) is 3.78. The fourth-order valence-electron chi connectivity index (χ4n) is 2.75. The lowest BCUT2D eigenvalue weighted by molar-refractivity contribution is 0.489. The van der Waals surface area contributed by atoms with Crippen LogP contribution in [0.15, 0.2) is 58.2 Å². The second-order valence-electron chi connectivity index (χ2n) is 5.03. The van der Waals surface area contributed by atoms with Crippen LogP contribution in [0.25, 0.3) is 21.9 Å². The second kappa shape index (κ2) is 4.34. The van der Waals surface area contributed by atoms with Crippen LogP contribution >= 0.6 is 0 Å². The van der Waals surface area contributed by atoms with Crippen LogP contribution in [0.4, 0.5) is 0 Å². The number of aryl methyl sites for hydroxylation is 1. The Morgan fingerprint density at radius 1 is 1.19 bits per heavy atom. The first-order valence-corrected chi connectivity index (χ1v) is 6.70. The van der Waals surface area contributed by atoms with Gasteiger partial charge in [0.25, 0.3) is 5.56 Å². The maximum atomic E-state index is 12.7. The Labute approximate surface area is 120 Å². The SMILES string of the molecule is Cn1c2ccccc2c2ncn(Cc3ccco3)c(=O)c21. The number of para-hydroxylation sites is 1. The van der Waals surface area contributed by atoms with E-state index in [0.717, 1.165) is 22.2 Å². The van der Waals surface area contributed by atoms with E-state index >= 15 is 0 Å². The molecule has 0 aliphatic heterocycles. The van der Waals surface area contributed by atoms with Crippen LogP contribution in [-0.4, -0.2) is 14.1 Å². The number of hydrogen-bond donors (Lipinski definition) is 0. The molecule has 1 aromatic carbocycles. The summed E-state index contributed by atoms with van der Waals surface area (Å²) in [6.45, 7) is 0.385. The number of hydrogen-bond acceptors (Lipinski definition) is 3. The lowest BCUT2D eigenvalue weighted by Gasteiger charge is -2.03. The number of nitrogens with zero attached hydrogens (tertiary/aromatic N) is 3. The molecule has 0 spiro atoms. The van der Waals surface area contributed by atoms with Crippen LogP contribution in [-0.2, 0) is 13.6 Å². The highest BCUT2D eigenvalue weighted by molar-refractivity contribution is 6.05. The van der Waals surface area contributed by atoms with Gasteiger partial charge in [-0.1, -0.05) is 18.2 Å². The van der Waals surface area contributed by atoms with E-state index in [4.69, 9.17) is 4.42 Å². The average molecular weight is 279 g/mol. The number of benzene rings is 1. The van der Waals surface area contributed by atoms with Crippen LogP contribution in [0.5, 0.6) is 0 Å². The summed E-state index contributed by atoms with van der Waals surface area (Å²) in [5.41, 5.74) is 2.31. The molecule has 0 aliphatic carbocycles. The van der Waals surface area contributed by atoms with E-state index < -0.39 is 0 Å². The minimum atomic E-state index is -0.0601. The Balaban J connectivity index is 2.01. The fourth-order valence-corrected chi connectivity index (χ4v) is 2.75. The van der Waals surface area contributed by atoms with Crippen LogP contribution in [0.2, 0.25) is 0 Å². The van der Waals surface area contributed by atoms with Gasteiger partial charge in [0.1, 0.15) is 16.8 Å². The summed E-state index contributed by atoms with van der Waals surface area (Å²) >= 11 is 0. The molecule has 5 nitrogen and oxygen atoms in total. The van der Waals surface area contributed by atoms with Crippen molar-refractivity contribution in [1.29, 1.82) is 0 Å². The lowest BCUT2D eigenvalue weighted by Crippen LogP contribution is -2.22. The highest BCUT2D eigenvalue weighted by Gasteiger charge is 2.14. The van der Waals surface area contributed by atoms with E-state index in [9.17, 15) is 4.79 Å². The van der Waals surface area contributed by atoms with Gasteiger partial charge in [0, 0.05) is 12.4 Å². The predicted molar refractivity (Wildman–Crippen MR) is 80.3 cm³/mol. The van der Waals surface area contributed by atoms with Gasteiger partial charge in [0.05, 0.1) is 24.7 Å². The molecule has 0 fully saturated rings. The third-order valence-corrected chi connectivity index (χ3v) is 3.78. The number of aromatic nitrogens is 3. The first-order valence-electron chi connectivity index (χ1n) is 6.70. The van der Waals surface area contributed by atoms with Crippen molar-refractivity contribution in [3.05, 3.63) is 65.1 Å². The third kappa shape index (κ3) is 1.71. The molecule has 0 N–H and O–H groups in total. The summed E-state index contributed by atoms with van der Waals surface area (Å²) in [6, 6.07) is 11.6. The minimum absolute atomic E-state index is 0.0601. The summed E-state index contributed by atoms with van der Waals surface area (Å²) < 4.78 is 8.77. The van der Waals surface area contributed by atoms with Crippen molar-refractivity contribution in [2.24, 2.45) is 7.05 Å². The zero-order valence-corrected chi connectivity index (χ0v) is 11.5. The van der Waals surface area contributed by atoms with Crippen molar-refractivity contribution in [2.75, 3.05) is 0 Å². The molecule has 0 saturated heterocycles. The lowest BCUT2D eigenvalue weighted by atomic mass is 10.2. The molecule has 0 bridgehead atoms. The van der Waals surface area contributed by atoms with E-state index in [0.29, 0.717) is 12.1 Å². The van der Waals surface area contributed by atoms with Gasteiger partial charge in [-0.2, -0.15) is 0 Å². The molecule has 3 aromatic heterocycles. The molecule has 4 rings (SSSR count). The van der Waals surface area contributed by atoms with Crippen molar-refractivity contribution in [2.45, 2.75) is 6.54 Å². The fraction of sp³-hybridized carbons (Fsp3) is 0.125. The second-order valence-corrected chi connectivity index (χ2v) is 5.03. The minimum Gasteiger partial charge on any atom is -0.467 e. The zero-order valence-electron chi connectivity index (χ0n) is 11.5. The summed E-state index contributed by atoms with van der Waals surface area (Å²) in [5, 5.41) is 0.997. The Bertz CT molecular complexity index is 994. The van der Waals surface area contributed by atoms with E-state index in [1.807, 2.05) is 48.0 Å². The Morgan fingerprint density at radius 3 is 2.86 bits per heavy atom. The van der Waals surface area contributed by atoms with Crippen LogP contribution in [0.1, 0.15) is 5.76 Å². The topological polar surface area (TPSA) is 53.0 Å². The van der Waals surface area contributed by atoms with Crippen molar-refractivity contribution in [1.82, 2.24) is 14.1 Å². The van der Waals surface area contributed by atoms with Gasteiger partial charge in [-0.3, -0.25) is 9.36 Å². The molecule has 5 heteroatoms. The molecule has 0 aliphatic rings. The normalized spacial score (nSPS) is 11.5. The van der Waals surface area contributed by atoms with E-state index in [2.05, 4.69) is 4.98 Å². The molecule has 4 aromatic rings. The average Bonchev–Trinajstić information content (AvgIpc) is 3.10. The summed E-state index contributed by atoms with van der Waals surface area (Å²) in [4.78, 5) is 17.2. The molecular weight excluding hydrogens is 266 g/mol. The first kappa shape index (κ1) is 12.0. The van der Waals surface area contributed by atoms with Crippen LogP contribution in [0, 0.1) is 0 Å².